The Morgan fingerprint density at radius 2 is 2.19 bits per heavy atom. The molecule has 0 amide bonds. The molecule has 116 valence electrons. The normalized spacial score (nSPS) is 11.1. The van der Waals surface area contributed by atoms with Crippen LogP contribution in [0.3, 0.4) is 0 Å². The number of aromatic nitrogens is 3. The topological polar surface area (TPSA) is 80.3 Å². The Hall–Kier alpha value is -1.58. The number of aryl methyl sites for hydroxylation is 2. The number of guanidine groups is 1. The second-order valence-electron chi connectivity index (χ2n) is 4.46. The van der Waals surface area contributed by atoms with Gasteiger partial charge in [-0.3, -0.25) is 4.99 Å². The van der Waals surface area contributed by atoms with E-state index in [0.29, 0.717) is 6.54 Å². The Labute approximate surface area is 141 Å². The van der Waals surface area contributed by atoms with Crippen molar-refractivity contribution in [1.82, 2.24) is 25.3 Å². The van der Waals surface area contributed by atoms with E-state index in [1.54, 1.807) is 19.6 Å². The largest absolute Gasteiger partial charge is 0.361 e. The van der Waals surface area contributed by atoms with Crippen LogP contribution in [0.2, 0.25) is 0 Å². The van der Waals surface area contributed by atoms with Crippen LogP contribution in [0.25, 0.3) is 0 Å². The van der Waals surface area contributed by atoms with E-state index >= 15 is 0 Å². The van der Waals surface area contributed by atoms with Gasteiger partial charge in [0, 0.05) is 44.6 Å². The van der Waals surface area contributed by atoms with Crippen LogP contribution in [-0.4, -0.2) is 34.3 Å². The van der Waals surface area contributed by atoms with Gasteiger partial charge in [-0.25, -0.2) is 4.98 Å². The first-order valence-electron chi connectivity index (χ1n) is 6.52. The van der Waals surface area contributed by atoms with Crippen LogP contribution < -0.4 is 10.6 Å². The van der Waals surface area contributed by atoms with Gasteiger partial charge in [0.15, 0.2) is 5.96 Å². The zero-order chi connectivity index (χ0) is 14.4. The van der Waals surface area contributed by atoms with Crippen molar-refractivity contribution in [2.24, 2.45) is 4.99 Å². The molecule has 0 aromatic carbocycles. The van der Waals surface area contributed by atoms with Crippen molar-refractivity contribution >= 4 is 29.9 Å². The molecule has 0 saturated carbocycles. The summed E-state index contributed by atoms with van der Waals surface area (Å²) in [5, 5.41) is 10.4. The summed E-state index contributed by atoms with van der Waals surface area (Å²) in [6, 6.07) is 0. The molecule has 2 aromatic heterocycles. The molecule has 0 aliphatic heterocycles. The maximum atomic E-state index is 5.13. The Bertz CT molecular complexity index is 544. The maximum Gasteiger partial charge on any atom is 0.191 e. The third-order valence-electron chi connectivity index (χ3n) is 3.06. The summed E-state index contributed by atoms with van der Waals surface area (Å²) in [6.07, 6.45) is 5.49. The van der Waals surface area contributed by atoms with Gasteiger partial charge in [0.25, 0.3) is 0 Å². The molecule has 2 N–H and O–H groups in total. The third-order valence-corrected chi connectivity index (χ3v) is 3.06. The smallest absolute Gasteiger partial charge is 0.191 e. The van der Waals surface area contributed by atoms with E-state index in [0.717, 1.165) is 36.1 Å². The molecule has 0 radical (unpaired) electrons. The molecule has 8 heteroatoms. The van der Waals surface area contributed by atoms with Crippen LogP contribution in [0.15, 0.2) is 28.2 Å². The average molecular weight is 404 g/mol. The van der Waals surface area contributed by atoms with Crippen molar-refractivity contribution in [3.8, 4) is 0 Å². The summed E-state index contributed by atoms with van der Waals surface area (Å²) in [4.78, 5) is 8.19. The summed E-state index contributed by atoms with van der Waals surface area (Å²) in [5.41, 5.74) is 1.98. The zero-order valence-corrected chi connectivity index (χ0v) is 14.8. The molecule has 2 aromatic rings. The van der Waals surface area contributed by atoms with Gasteiger partial charge in [0.1, 0.15) is 5.76 Å². The van der Waals surface area contributed by atoms with Crippen LogP contribution in [-0.2, 0) is 13.1 Å². The summed E-state index contributed by atoms with van der Waals surface area (Å²) >= 11 is 0. The number of hydrogen-bond donors (Lipinski definition) is 2. The molecule has 0 bridgehead atoms. The van der Waals surface area contributed by atoms with Gasteiger partial charge in [-0.1, -0.05) is 5.16 Å². The molecule has 0 atom stereocenters. The third kappa shape index (κ3) is 5.03. The second-order valence-corrected chi connectivity index (χ2v) is 4.46. The number of imidazole rings is 1. The van der Waals surface area contributed by atoms with E-state index in [4.69, 9.17) is 4.52 Å². The van der Waals surface area contributed by atoms with Crippen LogP contribution in [0.4, 0.5) is 0 Å². The van der Waals surface area contributed by atoms with Crippen molar-refractivity contribution in [1.29, 1.82) is 0 Å². The highest BCUT2D eigenvalue weighted by Gasteiger charge is 2.09. The van der Waals surface area contributed by atoms with Gasteiger partial charge in [0.05, 0.1) is 12.0 Å². The van der Waals surface area contributed by atoms with Gasteiger partial charge in [0.2, 0.25) is 0 Å². The van der Waals surface area contributed by atoms with Crippen LogP contribution in [0, 0.1) is 13.8 Å². The number of nitrogens with one attached hydrogen (secondary N) is 2. The lowest BCUT2D eigenvalue weighted by molar-refractivity contribution is 0.392. The molecule has 21 heavy (non-hydrogen) atoms. The van der Waals surface area contributed by atoms with Gasteiger partial charge < -0.3 is 19.7 Å². The Morgan fingerprint density at radius 3 is 2.76 bits per heavy atom. The summed E-state index contributed by atoms with van der Waals surface area (Å²) < 4.78 is 7.14. The molecule has 0 aliphatic rings. The number of rotatable bonds is 5. The van der Waals surface area contributed by atoms with Gasteiger partial charge in [-0.2, -0.15) is 0 Å². The maximum absolute atomic E-state index is 5.13. The van der Waals surface area contributed by atoms with E-state index in [9.17, 15) is 0 Å². The first-order chi connectivity index (χ1) is 9.70. The fourth-order valence-electron chi connectivity index (χ4n) is 1.87. The van der Waals surface area contributed by atoms with Crippen molar-refractivity contribution in [3.05, 3.63) is 35.7 Å². The molecule has 7 nitrogen and oxygen atoms in total. The van der Waals surface area contributed by atoms with Crippen LogP contribution in [0.1, 0.15) is 17.0 Å². The molecule has 0 fully saturated rings. The van der Waals surface area contributed by atoms with Crippen LogP contribution in [0.5, 0.6) is 0 Å². The predicted octanol–water partition coefficient (Wildman–Crippen LogP) is 1.47. The monoisotopic (exact) mass is 404 g/mol. The highest BCUT2D eigenvalue weighted by atomic mass is 127. The Kier molecular flexibility index (Phi) is 7.20. The van der Waals surface area contributed by atoms with Crippen molar-refractivity contribution in [2.45, 2.75) is 26.9 Å². The standard InChI is InChI=1S/C13H20N6O.HI/c1-10-12(11(2)20-18-10)8-17-13(14-3)16-5-7-19-6-4-15-9-19;/h4,6,9H,5,7-8H2,1-3H3,(H2,14,16,17);1H. The fraction of sp³-hybridized carbons (Fsp3) is 0.462. The lowest BCUT2D eigenvalue weighted by Crippen LogP contribution is -2.38. The highest BCUT2D eigenvalue weighted by molar-refractivity contribution is 14.0. The SMILES string of the molecule is CN=C(NCCn1ccnc1)NCc1c(C)noc1C.I. The van der Waals surface area contributed by atoms with Gasteiger partial charge in [-0.05, 0) is 13.8 Å². The van der Waals surface area contributed by atoms with E-state index in [-0.39, 0.29) is 24.0 Å². The van der Waals surface area contributed by atoms with E-state index in [1.807, 2.05) is 24.6 Å². The quantitative estimate of drug-likeness (QED) is 0.448. The summed E-state index contributed by atoms with van der Waals surface area (Å²) in [7, 11) is 1.75. The minimum atomic E-state index is 0. The Morgan fingerprint density at radius 1 is 1.38 bits per heavy atom. The van der Waals surface area contributed by atoms with E-state index in [1.165, 1.54) is 0 Å². The molecular formula is C13H21IN6O. The predicted molar refractivity (Wildman–Crippen MR) is 91.8 cm³/mol. The molecule has 2 rings (SSSR count). The molecule has 0 aliphatic carbocycles. The van der Waals surface area contributed by atoms with Crippen molar-refractivity contribution in [2.75, 3.05) is 13.6 Å². The molecular weight excluding hydrogens is 383 g/mol. The lowest BCUT2D eigenvalue weighted by Gasteiger charge is -2.11. The molecule has 2 heterocycles. The molecule has 0 spiro atoms. The minimum Gasteiger partial charge on any atom is -0.361 e. The average Bonchev–Trinajstić information content (AvgIpc) is 3.06. The first kappa shape index (κ1) is 17.5. The van der Waals surface area contributed by atoms with Crippen molar-refractivity contribution < 1.29 is 4.52 Å². The first-order valence-corrected chi connectivity index (χ1v) is 6.52. The van der Waals surface area contributed by atoms with E-state index < -0.39 is 0 Å². The summed E-state index contributed by atoms with van der Waals surface area (Å²) in [5.74, 6) is 1.59. The lowest BCUT2D eigenvalue weighted by atomic mass is 10.2. The molecule has 0 saturated heterocycles. The van der Waals surface area contributed by atoms with Crippen LogP contribution >= 0.6 is 24.0 Å². The number of nitrogens with zero attached hydrogens (tertiary/aromatic N) is 4. The number of hydrogen-bond acceptors (Lipinski definition) is 4. The fourth-order valence-corrected chi connectivity index (χ4v) is 1.87. The van der Waals surface area contributed by atoms with E-state index in [2.05, 4.69) is 25.8 Å². The Balaban J connectivity index is 0.00000220. The zero-order valence-electron chi connectivity index (χ0n) is 12.5. The highest BCUT2D eigenvalue weighted by Crippen LogP contribution is 2.11. The van der Waals surface area contributed by atoms with Crippen molar-refractivity contribution in [3.63, 3.8) is 0 Å². The number of halogens is 1. The second kappa shape index (κ2) is 8.65. The number of aliphatic imine (C=N–C) groups is 1. The van der Waals surface area contributed by atoms with Gasteiger partial charge >= 0.3 is 0 Å². The molecule has 0 unspecified atom stereocenters. The minimum absolute atomic E-state index is 0. The summed E-state index contributed by atoms with van der Waals surface area (Å²) in [6.45, 7) is 6.10. The van der Waals surface area contributed by atoms with Gasteiger partial charge in [-0.15, -0.1) is 24.0 Å².